The van der Waals surface area contributed by atoms with E-state index in [1.54, 1.807) is 12.1 Å². The zero-order valence-corrected chi connectivity index (χ0v) is 20.3. The van der Waals surface area contributed by atoms with Crippen LogP contribution in [0.15, 0.2) is 84.4 Å². The fourth-order valence-electron chi connectivity index (χ4n) is 4.92. The number of benzene rings is 3. The topological polar surface area (TPSA) is 32.3 Å². The number of nitrogens with zero attached hydrogens (tertiary/aromatic N) is 1. The van der Waals surface area contributed by atoms with Crippen LogP contribution in [0.3, 0.4) is 0 Å². The first-order chi connectivity index (χ1) is 17.9. The van der Waals surface area contributed by atoms with Crippen LogP contribution in [0.2, 0.25) is 0 Å². The van der Waals surface area contributed by atoms with Crippen LogP contribution < -0.4 is 5.32 Å². The van der Waals surface area contributed by atoms with Crippen molar-refractivity contribution < 1.29 is 18.0 Å². The number of piperidine rings is 1. The lowest BCUT2D eigenvalue weighted by Crippen LogP contribution is -2.31. The third-order valence-corrected chi connectivity index (χ3v) is 6.82. The molecule has 0 saturated carbocycles. The summed E-state index contributed by atoms with van der Waals surface area (Å²) in [4.78, 5) is 13.5. The van der Waals surface area contributed by atoms with Crippen molar-refractivity contribution in [3.8, 4) is 0 Å². The van der Waals surface area contributed by atoms with Gasteiger partial charge in [0.2, 0.25) is 0 Å². The summed E-state index contributed by atoms with van der Waals surface area (Å²) < 4.78 is 37.2. The number of hydrogen-bond donors (Lipinski definition) is 1. The maximum atomic E-state index is 12.4. The minimum absolute atomic E-state index is 0.118. The molecule has 3 nitrogen and oxygen atoms in total. The molecule has 1 heterocycles. The lowest BCUT2D eigenvalue weighted by molar-refractivity contribution is -0.167. The van der Waals surface area contributed by atoms with Gasteiger partial charge in [0, 0.05) is 25.3 Å². The van der Waals surface area contributed by atoms with Gasteiger partial charge in [-0.25, -0.2) is 0 Å². The molecular weight excluding hydrogens is 473 g/mol. The minimum atomic E-state index is -4.90. The van der Waals surface area contributed by atoms with Crippen molar-refractivity contribution in [2.24, 2.45) is 0 Å². The molecule has 1 aliphatic carbocycles. The fraction of sp³-hybridized carbons (Fsp3) is 0.194. The Balaban J connectivity index is 1.24. The normalized spacial score (nSPS) is 15.9. The van der Waals surface area contributed by atoms with Crippen molar-refractivity contribution in [3.63, 3.8) is 0 Å². The lowest BCUT2D eigenvalue weighted by Gasteiger charge is -2.29. The number of fused-ring (bicyclic) bond motifs is 2. The molecular formula is C31H27F3N2O. The highest BCUT2D eigenvalue weighted by Crippen LogP contribution is 2.38. The third-order valence-electron chi connectivity index (χ3n) is 6.82. The van der Waals surface area contributed by atoms with Crippen LogP contribution in [0, 0.1) is 0 Å². The van der Waals surface area contributed by atoms with E-state index in [1.807, 2.05) is 11.4 Å². The molecule has 0 atom stereocenters. The maximum Gasteiger partial charge on any atom is 0.471 e. The number of nitrogens with one attached hydrogen (secondary N) is 1. The van der Waals surface area contributed by atoms with E-state index in [0.29, 0.717) is 0 Å². The average molecular weight is 501 g/mol. The molecule has 188 valence electrons. The van der Waals surface area contributed by atoms with Crippen molar-refractivity contribution in [2.75, 3.05) is 25.0 Å². The molecule has 1 amide bonds. The molecule has 0 spiro atoms. The third kappa shape index (κ3) is 5.75. The summed E-state index contributed by atoms with van der Waals surface area (Å²) in [6.45, 7) is 2.72. The van der Waals surface area contributed by atoms with E-state index in [-0.39, 0.29) is 5.69 Å². The van der Waals surface area contributed by atoms with Crippen LogP contribution in [0.1, 0.15) is 40.7 Å². The first-order valence-corrected chi connectivity index (χ1v) is 12.3. The highest BCUT2D eigenvalue weighted by atomic mass is 19.4. The van der Waals surface area contributed by atoms with Gasteiger partial charge in [-0.05, 0) is 58.4 Å². The van der Waals surface area contributed by atoms with E-state index in [4.69, 9.17) is 0 Å². The number of hydrogen-bond acceptors (Lipinski definition) is 2. The molecule has 0 radical (unpaired) electrons. The number of halogens is 3. The number of anilines is 1. The van der Waals surface area contributed by atoms with Gasteiger partial charge in [0.1, 0.15) is 0 Å². The first kappa shape index (κ1) is 24.8. The van der Waals surface area contributed by atoms with Crippen molar-refractivity contribution in [1.82, 2.24) is 4.90 Å². The first-order valence-electron chi connectivity index (χ1n) is 12.3. The van der Waals surface area contributed by atoms with Crippen LogP contribution in [0.5, 0.6) is 0 Å². The van der Waals surface area contributed by atoms with Gasteiger partial charge in [-0.15, -0.1) is 0 Å². The zero-order chi connectivity index (χ0) is 25.8. The summed E-state index contributed by atoms with van der Waals surface area (Å²) in [6, 6.07) is 23.5. The van der Waals surface area contributed by atoms with Gasteiger partial charge in [0.05, 0.1) is 0 Å². The maximum absolute atomic E-state index is 12.4. The van der Waals surface area contributed by atoms with E-state index < -0.39 is 12.1 Å². The second kappa shape index (κ2) is 10.6. The Bertz CT molecular complexity index is 1320. The zero-order valence-electron chi connectivity index (χ0n) is 20.3. The minimum Gasteiger partial charge on any atom is -0.318 e. The Morgan fingerprint density at radius 3 is 1.97 bits per heavy atom. The number of rotatable bonds is 4. The quantitative estimate of drug-likeness (QED) is 0.319. The van der Waals surface area contributed by atoms with Gasteiger partial charge < -0.3 is 5.32 Å². The molecule has 6 heteroatoms. The molecule has 0 unspecified atom stereocenters. The van der Waals surface area contributed by atoms with Gasteiger partial charge in [0.15, 0.2) is 0 Å². The van der Waals surface area contributed by atoms with Crippen LogP contribution in [0.25, 0.3) is 23.8 Å². The molecule has 1 fully saturated rings. The molecule has 3 aromatic rings. The Morgan fingerprint density at radius 2 is 1.41 bits per heavy atom. The summed E-state index contributed by atoms with van der Waals surface area (Å²) in [5.74, 6) is -1.97. The summed E-state index contributed by atoms with van der Waals surface area (Å²) in [5.41, 5.74) is 8.91. The van der Waals surface area contributed by atoms with Gasteiger partial charge in [0.25, 0.3) is 0 Å². The molecule has 3 aromatic carbocycles. The van der Waals surface area contributed by atoms with Crippen LogP contribution >= 0.6 is 0 Å². The summed E-state index contributed by atoms with van der Waals surface area (Å²) in [6.07, 6.45) is 5.53. The number of carbonyl (C=O) groups excluding carboxylic acids is 1. The predicted octanol–water partition coefficient (Wildman–Crippen LogP) is 7.28. The van der Waals surface area contributed by atoms with Gasteiger partial charge in [-0.2, -0.15) is 13.2 Å². The van der Waals surface area contributed by atoms with Crippen LogP contribution in [-0.2, 0) is 4.79 Å². The molecule has 0 aromatic heterocycles. The van der Waals surface area contributed by atoms with E-state index >= 15 is 0 Å². The molecule has 5 rings (SSSR count). The highest BCUT2D eigenvalue weighted by Gasteiger charge is 2.38. The second-order valence-electron chi connectivity index (χ2n) is 9.26. The van der Waals surface area contributed by atoms with Crippen LogP contribution in [0.4, 0.5) is 18.9 Å². The predicted molar refractivity (Wildman–Crippen MR) is 144 cm³/mol. The van der Waals surface area contributed by atoms with Crippen molar-refractivity contribution in [1.29, 1.82) is 0 Å². The fourth-order valence-corrected chi connectivity index (χ4v) is 4.92. The van der Waals surface area contributed by atoms with Crippen molar-refractivity contribution in [2.45, 2.75) is 19.0 Å². The number of amides is 1. The number of likely N-dealkylation sites (tertiary alicyclic amines) is 1. The summed E-state index contributed by atoms with van der Waals surface area (Å²) >= 11 is 0. The molecule has 2 aliphatic rings. The van der Waals surface area contributed by atoms with E-state index in [2.05, 4.69) is 71.7 Å². The molecule has 37 heavy (non-hydrogen) atoms. The van der Waals surface area contributed by atoms with Gasteiger partial charge in [-0.1, -0.05) is 90.5 Å². The standard InChI is InChI=1S/C31H27F3N2O/c32-31(33,34)30(37)35-26-15-11-22(12-16-26)6-5-19-36-20-17-25(18-21-36)29-27-9-3-1-7-23(27)13-14-24-8-2-4-10-28(24)29/h1-16H,17-21H2,(H,35,37)/b6-5+. The highest BCUT2D eigenvalue weighted by molar-refractivity contribution is 5.95. The molecule has 1 saturated heterocycles. The monoisotopic (exact) mass is 500 g/mol. The molecule has 0 bridgehead atoms. The van der Waals surface area contributed by atoms with Crippen LogP contribution in [-0.4, -0.2) is 36.6 Å². The SMILES string of the molecule is O=C(Nc1ccc(/C=C/CN2CCC(=C3c4ccccc4C=Cc4ccccc43)CC2)cc1)C(F)(F)F. The van der Waals surface area contributed by atoms with E-state index in [0.717, 1.165) is 38.0 Å². The van der Waals surface area contributed by atoms with Gasteiger partial charge in [-0.3, -0.25) is 9.69 Å². The van der Waals surface area contributed by atoms with Crippen molar-refractivity contribution in [3.05, 3.63) is 112 Å². The van der Waals surface area contributed by atoms with E-state index in [9.17, 15) is 18.0 Å². The Kier molecular flexibility index (Phi) is 7.10. The molecule has 1 aliphatic heterocycles. The Hall–Kier alpha value is -3.90. The van der Waals surface area contributed by atoms with E-state index in [1.165, 1.54) is 45.5 Å². The average Bonchev–Trinajstić information content (AvgIpc) is 3.07. The second-order valence-corrected chi connectivity index (χ2v) is 9.26. The Morgan fingerprint density at radius 1 is 0.838 bits per heavy atom. The molecule has 1 N–H and O–H groups in total. The Labute approximate surface area is 214 Å². The number of carbonyl (C=O) groups is 1. The smallest absolute Gasteiger partial charge is 0.318 e. The largest absolute Gasteiger partial charge is 0.471 e. The summed E-state index contributed by atoms with van der Waals surface area (Å²) in [5, 5.41) is 1.86. The number of alkyl halides is 3. The van der Waals surface area contributed by atoms with Gasteiger partial charge >= 0.3 is 12.1 Å². The lowest BCUT2D eigenvalue weighted by atomic mass is 9.86. The van der Waals surface area contributed by atoms with Crippen molar-refractivity contribution >= 4 is 35.4 Å². The summed E-state index contributed by atoms with van der Waals surface area (Å²) in [7, 11) is 0.